The molecule has 1 aliphatic rings. The van der Waals surface area contributed by atoms with Gasteiger partial charge in [-0.3, -0.25) is 4.57 Å². The van der Waals surface area contributed by atoms with Crippen molar-refractivity contribution in [1.82, 2.24) is 19.5 Å². The summed E-state index contributed by atoms with van der Waals surface area (Å²) in [7, 11) is 1.39. The number of halogens is 4. The molecule has 114 valence electrons. The van der Waals surface area contributed by atoms with Gasteiger partial charge in [-0.25, -0.2) is 9.97 Å². The van der Waals surface area contributed by atoms with Crippen molar-refractivity contribution in [3.63, 3.8) is 0 Å². The van der Waals surface area contributed by atoms with Gasteiger partial charge in [0.25, 0.3) is 0 Å². The van der Waals surface area contributed by atoms with Crippen molar-refractivity contribution in [2.45, 2.75) is 31.0 Å². The quantitative estimate of drug-likeness (QED) is 0.813. The lowest BCUT2D eigenvalue weighted by molar-refractivity contribution is -0.179. The van der Waals surface area contributed by atoms with Gasteiger partial charge in [-0.2, -0.15) is 18.2 Å². The second-order valence-corrected chi connectivity index (χ2v) is 5.26. The van der Waals surface area contributed by atoms with Crippen LogP contribution >= 0.6 is 11.6 Å². The van der Waals surface area contributed by atoms with Crippen molar-refractivity contribution in [3.8, 4) is 5.88 Å². The third-order valence-corrected chi connectivity index (χ3v) is 3.86. The molecule has 1 aliphatic carbocycles. The summed E-state index contributed by atoms with van der Waals surface area (Å²) in [5.74, 6) is 0.591. The van der Waals surface area contributed by atoms with Gasteiger partial charge in [0.15, 0.2) is 11.2 Å². The molecule has 0 bridgehead atoms. The molecule has 0 amide bonds. The van der Waals surface area contributed by atoms with E-state index in [9.17, 15) is 13.2 Å². The van der Waals surface area contributed by atoms with E-state index in [4.69, 9.17) is 16.3 Å². The number of alkyl halides is 4. The minimum absolute atomic E-state index is 0.0174. The Kier molecular flexibility index (Phi) is 3.23. The number of rotatable bonds is 4. The Hall–Kier alpha value is -1.57. The van der Waals surface area contributed by atoms with E-state index in [0.717, 1.165) is 4.57 Å². The van der Waals surface area contributed by atoms with Crippen molar-refractivity contribution >= 4 is 22.8 Å². The number of ether oxygens (including phenoxy) is 1. The van der Waals surface area contributed by atoms with Crippen LogP contribution in [0.15, 0.2) is 6.33 Å². The van der Waals surface area contributed by atoms with E-state index >= 15 is 0 Å². The van der Waals surface area contributed by atoms with Crippen LogP contribution in [0.25, 0.3) is 11.2 Å². The zero-order valence-electron chi connectivity index (χ0n) is 11.1. The molecule has 0 unspecified atom stereocenters. The molecule has 9 heteroatoms. The Morgan fingerprint density at radius 3 is 2.62 bits per heavy atom. The molecule has 2 aromatic rings. The zero-order chi connectivity index (χ0) is 15.3. The van der Waals surface area contributed by atoms with Gasteiger partial charge >= 0.3 is 6.18 Å². The van der Waals surface area contributed by atoms with Crippen LogP contribution in [0, 0.1) is 0 Å². The molecule has 0 aromatic carbocycles. The van der Waals surface area contributed by atoms with E-state index in [1.807, 2.05) is 0 Å². The normalized spacial score (nSPS) is 17.2. The van der Waals surface area contributed by atoms with Crippen molar-refractivity contribution in [1.29, 1.82) is 0 Å². The van der Waals surface area contributed by atoms with E-state index < -0.39 is 11.7 Å². The van der Waals surface area contributed by atoms with Crippen LogP contribution < -0.4 is 4.74 Å². The number of aromatic nitrogens is 4. The Bertz CT molecular complexity index is 681. The SMILES string of the molecule is COc1ncnc2c1nc(CCCl)n2C1(C(F)(F)F)CC1. The van der Waals surface area contributed by atoms with Crippen LogP contribution in [0.3, 0.4) is 0 Å². The number of imidazole rings is 1. The lowest BCUT2D eigenvalue weighted by atomic mass is 10.2. The lowest BCUT2D eigenvalue weighted by Gasteiger charge is -2.23. The Morgan fingerprint density at radius 2 is 2.10 bits per heavy atom. The summed E-state index contributed by atoms with van der Waals surface area (Å²) >= 11 is 5.69. The summed E-state index contributed by atoms with van der Waals surface area (Å²) < 4.78 is 46.5. The molecule has 0 spiro atoms. The smallest absolute Gasteiger partial charge is 0.412 e. The first-order valence-corrected chi connectivity index (χ1v) is 6.87. The average Bonchev–Trinajstić information content (AvgIpc) is 3.15. The number of nitrogens with zero attached hydrogens (tertiary/aromatic N) is 4. The van der Waals surface area contributed by atoms with Crippen LogP contribution in [-0.4, -0.2) is 38.7 Å². The van der Waals surface area contributed by atoms with E-state index in [0.29, 0.717) is 0 Å². The molecule has 2 heterocycles. The van der Waals surface area contributed by atoms with Gasteiger partial charge in [0, 0.05) is 12.3 Å². The first-order valence-electron chi connectivity index (χ1n) is 6.34. The summed E-state index contributed by atoms with van der Waals surface area (Å²) in [6.07, 6.45) is -2.93. The molecule has 1 fully saturated rings. The molecule has 0 N–H and O–H groups in total. The van der Waals surface area contributed by atoms with E-state index in [1.165, 1.54) is 13.4 Å². The molecular weight excluding hydrogens is 309 g/mol. The van der Waals surface area contributed by atoms with Crippen LogP contribution in [0.4, 0.5) is 13.2 Å². The predicted molar refractivity (Wildman–Crippen MR) is 69.6 cm³/mol. The third-order valence-electron chi connectivity index (χ3n) is 3.67. The maximum atomic E-state index is 13.4. The Morgan fingerprint density at radius 1 is 1.38 bits per heavy atom. The lowest BCUT2D eigenvalue weighted by Crippen LogP contribution is -2.36. The number of aryl methyl sites for hydroxylation is 1. The fourth-order valence-corrected chi connectivity index (χ4v) is 2.69. The summed E-state index contributed by atoms with van der Waals surface area (Å²) in [6.45, 7) is 0. The second-order valence-electron chi connectivity index (χ2n) is 4.89. The van der Waals surface area contributed by atoms with Crippen LogP contribution in [-0.2, 0) is 12.0 Å². The molecule has 2 aromatic heterocycles. The molecule has 0 aliphatic heterocycles. The largest absolute Gasteiger partial charge is 0.479 e. The average molecular weight is 321 g/mol. The monoisotopic (exact) mass is 320 g/mol. The predicted octanol–water partition coefficient (Wildman–Crippen LogP) is 2.67. The van der Waals surface area contributed by atoms with E-state index in [-0.39, 0.29) is 48.0 Å². The Labute approximate surface area is 123 Å². The van der Waals surface area contributed by atoms with E-state index in [2.05, 4.69) is 15.0 Å². The van der Waals surface area contributed by atoms with Crippen molar-refractivity contribution in [3.05, 3.63) is 12.2 Å². The standard InChI is InChI=1S/C12H12ClF3N4O/c1-21-10-8-9(17-6-18-10)20(7(19-8)2-5-13)11(3-4-11)12(14,15)16/h6H,2-5H2,1H3. The fraction of sp³-hybridized carbons (Fsp3) is 0.583. The topological polar surface area (TPSA) is 52.8 Å². The van der Waals surface area contributed by atoms with Crippen molar-refractivity contribution in [2.24, 2.45) is 0 Å². The number of hydrogen-bond acceptors (Lipinski definition) is 4. The van der Waals surface area contributed by atoms with Gasteiger partial charge in [0.1, 0.15) is 17.7 Å². The van der Waals surface area contributed by atoms with Gasteiger partial charge in [-0.05, 0) is 12.8 Å². The van der Waals surface area contributed by atoms with Gasteiger partial charge in [-0.15, -0.1) is 11.6 Å². The third kappa shape index (κ3) is 2.04. The highest BCUT2D eigenvalue weighted by atomic mass is 35.5. The van der Waals surface area contributed by atoms with Crippen LogP contribution in [0.1, 0.15) is 18.7 Å². The Balaban J connectivity index is 2.28. The number of fused-ring (bicyclic) bond motifs is 1. The molecule has 3 rings (SSSR count). The fourth-order valence-electron chi connectivity index (χ4n) is 2.52. The molecule has 21 heavy (non-hydrogen) atoms. The number of hydrogen-bond donors (Lipinski definition) is 0. The van der Waals surface area contributed by atoms with Crippen molar-refractivity contribution < 1.29 is 17.9 Å². The summed E-state index contributed by atoms with van der Waals surface area (Å²) in [6, 6.07) is 0. The second kappa shape index (κ2) is 4.72. The highest BCUT2D eigenvalue weighted by Gasteiger charge is 2.66. The van der Waals surface area contributed by atoms with Crippen molar-refractivity contribution in [2.75, 3.05) is 13.0 Å². The van der Waals surface area contributed by atoms with Gasteiger partial charge in [-0.1, -0.05) is 0 Å². The number of methoxy groups -OCH3 is 1. The van der Waals surface area contributed by atoms with Gasteiger partial charge in [0.2, 0.25) is 5.88 Å². The highest BCUT2D eigenvalue weighted by molar-refractivity contribution is 6.17. The maximum absolute atomic E-state index is 13.4. The molecule has 5 nitrogen and oxygen atoms in total. The minimum Gasteiger partial charge on any atom is -0.479 e. The van der Waals surface area contributed by atoms with Gasteiger partial charge < -0.3 is 4.74 Å². The first kappa shape index (κ1) is 14.4. The molecule has 0 atom stereocenters. The molecular formula is C12H12ClF3N4O. The van der Waals surface area contributed by atoms with Gasteiger partial charge in [0.05, 0.1) is 7.11 Å². The molecule has 0 saturated heterocycles. The first-order chi connectivity index (χ1) is 9.94. The molecule has 0 radical (unpaired) electrons. The maximum Gasteiger partial charge on any atom is 0.412 e. The summed E-state index contributed by atoms with van der Waals surface area (Å²) in [5.41, 5.74) is -1.56. The van der Waals surface area contributed by atoms with Crippen LogP contribution in [0.2, 0.25) is 0 Å². The summed E-state index contributed by atoms with van der Waals surface area (Å²) in [4.78, 5) is 12.1. The highest BCUT2D eigenvalue weighted by Crippen LogP contribution is 2.56. The summed E-state index contributed by atoms with van der Waals surface area (Å²) in [5, 5.41) is 0. The van der Waals surface area contributed by atoms with Crippen LogP contribution in [0.5, 0.6) is 5.88 Å². The molecule has 1 saturated carbocycles. The minimum atomic E-state index is -4.36. The van der Waals surface area contributed by atoms with E-state index in [1.54, 1.807) is 0 Å². The zero-order valence-corrected chi connectivity index (χ0v) is 11.9.